The lowest BCUT2D eigenvalue weighted by Crippen LogP contribution is -2.02. The van der Waals surface area contributed by atoms with Gasteiger partial charge in [-0.2, -0.15) is 0 Å². The van der Waals surface area contributed by atoms with E-state index in [4.69, 9.17) is 9.84 Å². The number of nitro benzene ring substituents is 1. The Labute approximate surface area is 117 Å². The highest BCUT2D eigenvalue weighted by atomic mass is 16.6. The van der Waals surface area contributed by atoms with Crippen LogP contribution in [0.5, 0.6) is 5.75 Å². The number of nitro groups is 1. The van der Waals surface area contributed by atoms with E-state index in [-0.39, 0.29) is 12.1 Å². The average Bonchev–Trinajstić information content (AvgIpc) is 2.38. The minimum atomic E-state index is -0.781. The van der Waals surface area contributed by atoms with E-state index in [1.807, 2.05) is 0 Å². The molecular formula is C14H19NO5. The van der Waals surface area contributed by atoms with E-state index in [9.17, 15) is 14.9 Å². The summed E-state index contributed by atoms with van der Waals surface area (Å²) < 4.78 is 5.50. The Morgan fingerprint density at radius 1 is 1.30 bits per heavy atom. The number of rotatable bonds is 9. The number of carboxylic acids is 1. The van der Waals surface area contributed by atoms with Crippen LogP contribution in [0.15, 0.2) is 18.2 Å². The third-order valence-corrected chi connectivity index (χ3v) is 2.92. The quantitative estimate of drug-likeness (QED) is 0.426. The molecule has 0 bridgehead atoms. The number of ether oxygens (including phenoxy) is 1. The van der Waals surface area contributed by atoms with E-state index in [2.05, 4.69) is 0 Å². The molecule has 0 spiro atoms. The Kier molecular flexibility index (Phi) is 6.49. The fourth-order valence-electron chi connectivity index (χ4n) is 1.87. The number of aliphatic carboxylic acids is 1. The van der Waals surface area contributed by atoms with E-state index in [1.54, 1.807) is 19.1 Å². The maximum Gasteiger partial charge on any atom is 0.311 e. The molecule has 0 unspecified atom stereocenters. The Morgan fingerprint density at radius 3 is 2.65 bits per heavy atom. The maximum absolute atomic E-state index is 10.9. The number of carbonyl (C=O) groups is 1. The number of para-hydroxylation sites is 1. The van der Waals surface area contributed by atoms with Gasteiger partial charge in [-0.1, -0.05) is 25.0 Å². The largest absolute Gasteiger partial charge is 0.487 e. The van der Waals surface area contributed by atoms with Crippen LogP contribution in [0.2, 0.25) is 0 Å². The van der Waals surface area contributed by atoms with Gasteiger partial charge in [-0.05, 0) is 25.3 Å². The van der Waals surface area contributed by atoms with Gasteiger partial charge in [0.15, 0.2) is 5.75 Å². The summed E-state index contributed by atoms with van der Waals surface area (Å²) in [7, 11) is 0. The Balaban J connectivity index is 2.35. The van der Waals surface area contributed by atoms with Crippen LogP contribution in [0.25, 0.3) is 0 Å². The SMILES string of the molecule is Cc1cccc([N+](=O)[O-])c1OCCCCCCC(=O)O. The smallest absolute Gasteiger partial charge is 0.311 e. The van der Waals surface area contributed by atoms with Crippen LogP contribution < -0.4 is 4.74 Å². The van der Waals surface area contributed by atoms with Crippen LogP contribution in [-0.4, -0.2) is 22.6 Å². The van der Waals surface area contributed by atoms with Crippen LogP contribution >= 0.6 is 0 Å². The molecule has 1 N–H and O–H groups in total. The third kappa shape index (κ3) is 5.26. The van der Waals surface area contributed by atoms with Crippen LogP contribution in [0, 0.1) is 17.0 Å². The third-order valence-electron chi connectivity index (χ3n) is 2.92. The Bertz CT molecular complexity index is 473. The lowest BCUT2D eigenvalue weighted by molar-refractivity contribution is -0.385. The van der Waals surface area contributed by atoms with Gasteiger partial charge in [0.25, 0.3) is 0 Å². The first-order valence-corrected chi connectivity index (χ1v) is 6.61. The fraction of sp³-hybridized carbons (Fsp3) is 0.500. The maximum atomic E-state index is 10.9. The van der Waals surface area contributed by atoms with Gasteiger partial charge in [0.05, 0.1) is 11.5 Å². The molecule has 0 aliphatic carbocycles. The molecule has 0 saturated heterocycles. The zero-order chi connectivity index (χ0) is 15.0. The molecule has 0 amide bonds. The van der Waals surface area contributed by atoms with Gasteiger partial charge in [-0.25, -0.2) is 0 Å². The van der Waals surface area contributed by atoms with Gasteiger partial charge in [0.2, 0.25) is 0 Å². The summed E-state index contributed by atoms with van der Waals surface area (Å²) in [5, 5.41) is 19.4. The van der Waals surface area contributed by atoms with Crippen molar-refractivity contribution < 1.29 is 19.6 Å². The van der Waals surface area contributed by atoms with E-state index >= 15 is 0 Å². The monoisotopic (exact) mass is 281 g/mol. The molecule has 0 aliphatic rings. The van der Waals surface area contributed by atoms with Crippen LogP contribution in [-0.2, 0) is 4.79 Å². The summed E-state index contributed by atoms with van der Waals surface area (Å²) in [4.78, 5) is 20.8. The fourth-order valence-corrected chi connectivity index (χ4v) is 1.87. The molecule has 0 aromatic heterocycles. The number of carboxylic acid groups (broad SMARTS) is 1. The van der Waals surface area contributed by atoms with Gasteiger partial charge in [0, 0.05) is 12.5 Å². The molecular weight excluding hydrogens is 262 g/mol. The molecule has 6 nitrogen and oxygen atoms in total. The van der Waals surface area contributed by atoms with Crippen molar-refractivity contribution in [1.29, 1.82) is 0 Å². The average molecular weight is 281 g/mol. The lowest BCUT2D eigenvalue weighted by Gasteiger charge is -2.09. The van der Waals surface area contributed by atoms with Crippen molar-refractivity contribution in [2.45, 2.75) is 39.0 Å². The normalized spacial score (nSPS) is 10.2. The number of unbranched alkanes of at least 4 members (excludes halogenated alkanes) is 3. The highest BCUT2D eigenvalue weighted by molar-refractivity contribution is 5.66. The minimum absolute atomic E-state index is 0.0177. The number of benzene rings is 1. The molecule has 1 aromatic rings. The summed E-state index contributed by atoms with van der Waals surface area (Å²) >= 11 is 0. The summed E-state index contributed by atoms with van der Waals surface area (Å²) in [5.74, 6) is -0.458. The predicted octanol–water partition coefficient (Wildman–Crippen LogP) is 3.32. The molecule has 110 valence electrons. The number of nitrogens with zero attached hydrogens (tertiary/aromatic N) is 1. The van der Waals surface area contributed by atoms with Gasteiger partial charge in [0.1, 0.15) is 0 Å². The van der Waals surface area contributed by atoms with Gasteiger partial charge in [-0.15, -0.1) is 0 Å². The zero-order valence-electron chi connectivity index (χ0n) is 11.5. The summed E-state index contributed by atoms with van der Waals surface area (Å²) in [6.07, 6.45) is 3.27. The first-order valence-electron chi connectivity index (χ1n) is 6.61. The minimum Gasteiger partial charge on any atom is -0.487 e. The molecule has 1 rings (SSSR count). The zero-order valence-corrected chi connectivity index (χ0v) is 11.5. The van der Waals surface area contributed by atoms with E-state index in [0.29, 0.717) is 18.8 Å². The van der Waals surface area contributed by atoms with Crippen LogP contribution in [0.1, 0.15) is 37.7 Å². The van der Waals surface area contributed by atoms with E-state index < -0.39 is 10.9 Å². The van der Waals surface area contributed by atoms with Crippen molar-refractivity contribution in [3.63, 3.8) is 0 Å². The van der Waals surface area contributed by atoms with Crippen molar-refractivity contribution in [3.8, 4) is 5.75 Å². The van der Waals surface area contributed by atoms with Crippen LogP contribution in [0.4, 0.5) is 5.69 Å². The first kappa shape index (κ1) is 15.9. The van der Waals surface area contributed by atoms with Gasteiger partial charge < -0.3 is 9.84 Å². The van der Waals surface area contributed by atoms with E-state index in [0.717, 1.165) is 24.8 Å². The Hall–Kier alpha value is -2.11. The summed E-state index contributed by atoms with van der Waals surface area (Å²) in [6.45, 7) is 2.17. The molecule has 0 aliphatic heterocycles. The van der Waals surface area contributed by atoms with Crippen molar-refractivity contribution in [3.05, 3.63) is 33.9 Å². The number of aryl methyl sites for hydroxylation is 1. The number of hydrogen-bond acceptors (Lipinski definition) is 4. The first-order chi connectivity index (χ1) is 9.52. The van der Waals surface area contributed by atoms with Crippen LogP contribution in [0.3, 0.4) is 0 Å². The Morgan fingerprint density at radius 2 is 2.00 bits per heavy atom. The molecule has 0 saturated carbocycles. The number of hydrogen-bond donors (Lipinski definition) is 1. The van der Waals surface area contributed by atoms with E-state index in [1.165, 1.54) is 6.07 Å². The second kappa shape index (κ2) is 8.14. The summed E-state index contributed by atoms with van der Waals surface area (Å²) in [5.41, 5.74) is 0.723. The summed E-state index contributed by atoms with van der Waals surface area (Å²) in [6, 6.07) is 4.83. The van der Waals surface area contributed by atoms with Gasteiger partial charge >= 0.3 is 11.7 Å². The second-order valence-electron chi connectivity index (χ2n) is 4.59. The molecule has 0 atom stereocenters. The molecule has 0 radical (unpaired) electrons. The van der Waals surface area contributed by atoms with Crippen molar-refractivity contribution in [2.75, 3.05) is 6.61 Å². The highest BCUT2D eigenvalue weighted by Crippen LogP contribution is 2.30. The molecule has 6 heteroatoms. The predicted molar refractivity (Wildman–Crippen MR) is 74.0 cm³/mol. The molecule has 0 fully saturated rings. The highest BCUT2D eigenvalue weighted by Gasteiger charge is 2.16. The lowest BCUT2D eigenvalue weighted by atomic mass is 10.1. The topological polar surface area (TPSA) is 89.7 Å². The second-order valence-corrected chi connectivity index (χ2v) is 4.59. The van der Waals surface area contributed by atoms with Crippen molar-refractivity contribution in [1.82, 2.24) is 0 Å². The standard InChI is InChI=1S/C14H19NO5/c1-11-7-6-8-12(15(18)19)14(11)20-10-5-3-2-4-9-13(16)17/h6-8H,2-5,9-10H2,1H3,(H,16,17). The molecule has 20 heavy (non-hydrogen) atoms. The van der Waals surface area contributed by atoms with Crippen molar-refractivity contribution in [2.24, 2.45) is 0 Å². The molecule has 0 heterocycles. The molecule has 1 aromatic carbocycles. The van der Waals surface area contributed by atoms with Gasteiger partial charge in [-0.3, -0.25) is 14.9 Å². The van der Waals surface area contributed by atoms with Crippen molar-refractivity contribution >= 4 is 11.7 Å².